The third kappa shape index (κ3) is 2.74. The Balaban J connectivity index is 2.74. The van der Waals surface area contributed by atoms with E-state index in [0.717, 1.165) is 0 Å². The molecule has 0 bridgehead atoms. The standard InChI is InChI=1S/C8H10N4O2/c1-12(14)11-10-7-4-2-6(3-5-7)8(9)13/h2-5,10H,1H3,(H2,9,13)/b12-11-. The second-order valence-electron chi connectivity index (χ2n) is 2.62. The molecule has 1 rings (SSSR count). The molecule has 0 unspecified atom stereocenters. The number of amides is 1. The van der Waals surface area contributed by atoms with Gasteiger partial charge in [-0.25, -0.2) is 0 Å². The maximum Gasteiger partial charge on any atom is 0.248 e. The van der Waals surface area contributed by atoms with Crippen LogP contribution in [0.5, 0.6) is 0 Å². The summed E-state index contributed by atoms with van der Waals surface area (Å²) in [5.74, 6) is -0.491. The number of carbonyl (C=O) groups is 1. The second kappa shape index (κ2) is 4.22. The van der Waals surface area contributed by atoms with Crippen LogP contribution in [0.3, 0.4) is 0 Å². The molecule has 0 aliphatic carbocycles. The van der Waals surface area contributed by atoms with Crippen molar-refractivity contribution < 1.29 is 9.66 Å². The van der Waals surface area contributed by atoms with Crippen molar-refractivity contribution >= 4 is 11.6 Å². The highest BCUT2D eigenvalue weighted by Crippen LogP contribution is 2.08. The van der Waals surface area contributed by atoms with E-state index < -0.39 is 5.91 Å². The van der Waals surface area contributed by atoms with Crippen LogP contribution in [0.1, 0.15) is 10.4 Å². The third-order valence-electron chi connectivity index (χ3n) is 1.49. The van der Waals surface area contributed by atoms with Gasteiger partial charge in [-0.3, -0.25) is 4.79 Å². The molecule has 14 heavy (non-hydrogen) atoms. The summed E-state index contributed by atoms with van der Waals surface area (Å²) in [5.41, 5.74) is 8.56. The molecule has 1 amide bonds. The van der Waals surface area contributed by atoms with Crippen LogP contribution in [0, 0.1) is 5.21 Å². The van der Waals surface area contributed by atoms with E-state index in [2.05, 4.69) is 10.6 Å². The van der Waals surface area contributed by atoms with Crippen LogP contribution in [0.4, 0.5) is 5.69 Å². The Hall–Kier alpha value is -2.11. The highest BCUT2D eigenvalue weighted by Gasteiger charge is 2.00. The number of hydroxylamine groups is 1. The molecule has 1 aromatic rings. The maximum atomic E-state index is 10.7. The summed E-state index contributed by atoms with van der Waals surface area (Å²) in [6.45, 7) is 0. The van der Waals surface area contributed by atoms with Crippen molar-refractivity contribution in [2.75, 3.05) is 12.5 Å². The van der Waals surface area contributed by atoms with E-state index in [9.17, 15) is 10.0 Å². The Morgan fingerprint density at radius 3 is 2.50 bits per heavy atom. The van der Waals surface area contributed by atoms with Crippen LogP contribution in [0.25, 0.3) is 0 Å². The number of benzene rings is 1. The van der Waals surface area contributed by atoms with Crippen LogP contribution in [-0.2, 0) is 0 Å². The molecule has 0 saturated heterocycles. The average molecular weight is 194 g/mol. The van der Waals surface area contributed by atoms with Gasteiger partial charge in [0.1, 0.15) is 12.7 Å². The number of nitrogens with zero attached hydrogens (tertiary/aromatic N) is 2. The van der Waals surface area contributed by atoms with Gasteiger partial charge < -0.3 is 10.9 Å². The van der Waals surface area contributed by atoms with Gasteiger partial charge in [-0.05, 0) is 24.3 Å². The van der Waals surface area contributed by atoms with E-state index >= 15 is 0 Å². The number of anilines is 1. The van der Waals surface area contributed by atoms with E-state index in [-0.39, 0.29) is 0 Å². The fraction of sp³-hybridized carbons (Fsp3) is 0.125. The lowest BCUT2D eigenvalue weighted by molar-refractivity contribution is -0.497. The Morgan fingerprint density at radius 2 is 2.07 bits per heavy atom. The molecule has 1 aromatic carbocycles. The first-order valence-electron chi connectivity index (χ1n) is 3.87. The molecule has 0 aliphatic heterocycles. The molecule has 3 N–H and O–H groups in total. The lowest BCUT2D eigenvalue weighted by Crippen LogP contribution is -2.10. The number of nitrogens with two attached hydrogens (primary N) is 1. The fourth-order valence-corrected chi connectivity index (χ4v) is 0.837. The van der Waals surface area contributed by atoms with Gasteiger partial charge in [0.05, 0.1) is 5.22 Å². The molecule has 0 spiro atoms. The minimum atomic E-state index is -0.491. The zero-order valence-electron chi connectivity index (χ0n) is 7.60. The van der Waals surface area contributed by atoms with E-state index in [4.69, 9.17) is 5.73 Å². The Morgan fingerprint density at radius 1 is 1.50 bits per heavy atom. The minimum absolute atomic E-state index is 0.391. The molecule has 6 heteroatoms. The Labute approximate surface area is 80.6 Å². The molecular weight excluding hydrogens is 184 g/mol. The lowest BCUT2D eigenvalue weighted by Gasteiger charge is -1.98. The first-order valence-corrected chi connectivity index (χ1v) is 3.87. The molecule has 0 fully saturated rings. The van der Waals surface area contributed by atoms with Gasteiger partial charge in [-0.2, -0.15) is 4.86 Å². The molecule has 74 valence electrons. The maximum absolute atomic E-state index is 10.7. The minimum Gasteiger partial charge on any atom is -0.696 e. The summed E-state index contributed by atoms with van der Waals surface area (Å²) in [5, 5.41) is 13.8. The van der Waals surface area contributed by atoms with Crippen molar-refractivity contribution in [2.45, 2.75) is 0 Å². The van der Waals surface area contributed by atoms with E-state index in [1.54, 1.807) is 24.3 Å². The number of primary amides is 1. The van der Waals surface area contributed by atoms with Gasteiger partial charge >= 0.3 is 0 Å². The molecule has 0 saturated carbocycles. The summed E-state index contributed by atoms with van der Waals surface area (Å²) in [4.78, 5) is 11.1. The summed E-state index contributed by atoms with van der Waals surface area (Å²) < 4.78 is 0. The number of nitrogens with one attached hydrogen (secondary N) is 1. The van der Waals surface area contributed by atoms with E-state index in [1.165, 1.54) is 7.05 Å². The molecule has 0 heterocycles. The SMILES string of the molecule is C/[N+]([O-])=N/Nc1ccc(C(N)=O)cc1. The smallest absolute Gasteiger partial charge is 0.248 e. The van der Waals surface area contributed by atoms with E-state index in [0.29, 0.717) is 16.1 Å². The van der Waals surface area contributed by atoms with Gasteiger partial charge in [-0.15, -0.1) is 5.43 Å². The first kappa shape index (κ1) is 9.97. The molecule has 0 atom stereocenters. The highest BCUT2D eigenvalue weighted by molar-refractivity contribution is 5.93. The van der Waals surface area contributed by atoms with Crippen molar-refractivity contribution in [2.24, 2.45) is 11.0 Å². The van der Waals surface area contributed by atoms with Crippen LogP contribution in [-0.4, -0.2) is 17.8 Å². The molecule has 0 radical (unpaired) electrons. The van der Waals surface area contributed by atoms with Gasteiger partial charge in [-0.1, -0.05) is 0 Å². The zero-order valence-corrected chi connectivity index (χ0v) is 7.60. The summed E-state index contributed by atoms with van der Waals surface area (Å²) in [7, 11) is 1.25. The second-order valence-corrected chi connectivity index (χ2v) is 2.62. The topological polar surface area (TPSA) is 93.6 Å². The summed E-state index contributed by atoms with van der Waals surface area (Å²) >= 11 is 0. The molecule has 6 nitrogen and oxygen atoms in total. The average Bonchev–Trinajstić information content (AvgIpc) is 2.15. The lowest BCUT2D eigenvalue weighted by atomic mass is 10.2. The monoisotopic (exact) mass is 194 g/mol. The van der Waals surface area contributed by atoms with Crippen LogP contribution < -0.4 is 11.2 Å². The van der Waals surface area contributed by atoms with Crippen molar-refractivity contribution in [3.63, 3.8) is 0 Å². The number of hydrogen-bond acceptors (Lipinski definition) is 3. The predicted molar refractivity (Wildman–Crippen MR) is 50.6 cm³/mol. The van der Waals surface area contributed by atoms with Gasteiger partial charge in [0.25, 0.3) is 0 Å². The summed E-state index contributed by atoms with van der Waals surface area (Å²) in [6, 6.07) is 6.30. The third-order valence-corrected chi connectivity index (χ3v) is 1.49. The Bertz CT molecular complexity index is 354. The van der Waals surface area contributed by atoms with E-state index in [1.807, 2.05) is 0 Å². The van der Waals surface area contributed by atoms with Gasteiger partial charge in [0.15, 0.2) is 0 Å². The van der Waals surface area contributed by atoms with Crippen molar-refractivity contribution in [1.29, 1.82) is 0 Å². The number of carbonyl (C=O) groups excluding carboxylic acids is 1. The normalized spacial score (nSPS) is 11.1. The van der Waals surface area contributed by atoms with Gasteiger partial charge in [0, 0.05) is 5.56 Å². The van der Waals surface area contributed by atoms with Crippen molar-refractivity contribution in [3.8, 4) is 0 Å². The fourth-order valence-electron chi connectivity index (χ4n) is 0.837. The molecular formula is C8H10N4O2. The largest absolute Gasteiger partial charge is 0.696 e. The van der Waals surface area contributed by atoms with Crippen LogP contribution in [0.15, 0.2) is 29.5 Å². The number of hydrogen-bond donors (Lipinski definition) is 2. The van der Waals surface area contributed by atoms with Crippen molar-refractivity contribution in [3.05, 3.63) is 35.0 Å². The first-order chi connectivity index (χ1) is 6.59. The molecule has 0 aliphatic rings. The predicted octanol–water partition coefficient (Wildman–Crippen LogP) is 0.705. The summed E-state index contributed by atoms with van der Waals surface area (Å²) in [6.07, 6.45) is 0. The number of rotatable bonds is 3. The van der Waals surface area contributed by atoms with Crippen LogP contribution in [0.2, 0.25) is 0 Å². The molecule has 0 aromatic heterocycles. The highest BCUT2D eigenvalue weighted by atomic mass is 16.5. The van der Waals surface area contributed by atoms with Crippen molar-refractivity contribution in [1.82, 2.24) is 0 Å². The Kier molecular flexibility index (Phi) is 3.01. The zero-order chi connectivity index (χ0) is 10.6. The quantitative estimate of drug-likeness (QED) is 0.421. The van der Waals surface area contributed by atoms with Gasteiger partial charge in [0.2, 0.25) is 5.91 Å². The van der Waals surface area contributed by atoms with Crippen LogP contribution >= 0.6 is 0 Å².